The molecule has 0 unspecified atom stereocenters. The van der Waals surface area contributed by atoms with Crippen molar-refractivity contribution >= 4 is 15.9 Å². The van der Waals surface area contributed by atoms with Crippen LogP contribution in [0.2, 0.25) is 0 Å². The summed E-state index contributed by atoms with van der Waals surface area (Å²) >= 11 is 3.41. The minimum absolute atomic E-state index is 0.335. The van der Waals surface area contributed by atoms with Crippen molar-refractivity contribution in [3.05, 3.63) is 28.4 Å². The maximum absolute atomic E-state index is 5.59. The van der Waals surface area contributed by atoms with E-state index in [9.17, 15) is 0 Å². The third-order valence-corrected chi connectivity index (χ3v) is 2.72. The second-order valence-corrected chi connectivity index (χ2v) is 4.08. The maximum Gasteiger partial charge on any atom is 0.128 e. The molecule has 6 heteroatoms. The molecule has 0 bridgehead atoms. The fourth-order valence-electron chi connectivity index (χ4n) is 1.48. The highest BCUT2D eigenvalue weighted by Crippen LogP contribution is 2.32. The number of hydrogen-bond acceptors (Lipinski definition) is 4. The van der Waals surface area contributed by atoms with Crippen LogP contribution in [0.25, 0.3) is 11.3 Å². The summed E-state index contributed by atoms with van der Waals surface area (Å²) in [5.74, 6) is 0.742. The van der Waals surface area contributed by atoms with E-state index in [0.717, 1.165) is 27.2 Å². The van der Waals surface area contributed by atoms with E-state index in [1.807, 2.05) is 18.2 Å². The Hall–Kier alpha value is -1.40. The lowest BCUT2D eigenvalue weighted by Crippen LogP contribution is -1.99. The average molecular weight is 283 g/mol. The molecule has 2 rings (SSSR count). The zero-order valence-corrected chi connectivity index (χ0v) is 10.3. The lowest BCUT2D eigenvalue weighted by Gasteiger charge is -2.07. The first-order chi connectivity index (χ1) is 7.76. The molecule has 0 saturated heterocycles. The van der Waals surface area contributed by atoms with Crippen LogP contribution in [0.1, 0.15) is 5.69 Å². The largest absolute Gasteiger partial charge is 0.496 e. The number of nitrogens with two attached hydrogens (primary N) is 1. The number of nitrogens with zero attached hydrogens (tertiary/aromatic N) is 2. The topological polar surface area (TPSA) is 76.8 Å². The molecule has 0 atom stereocenters. The second-order valence-electron chi connectivity index (χ2n) is 3.17. The molecule has 0 amide bonds. The Balaban J connectivity index is 2.58. The van der Waals surface area contributed by atoms with Gasteiger partial charge in [0.05, 0.1) is 7.11 Å². The van der Waals surface area contributed by atoms with E-state index in [-0.39, 0.29) is 0 Å². The summed E-state index contributed by atoms with van der Waals surface area (Å²) in [4.78, 5) is 0. The number of halogens is 1. The highest BCUT2D eigenvalue weighted by atomic mass is 79.9. The number of ether oxygens (including phenoxy) is 1. The highest BCUT2D eigenvalue weighted by Gasteiger charge is 2.13. The Bertz CT molecular complexity index is 497. The summed E-state index contributed by atoms with van der Waals surface area (Å²) in [6, 6.07) is 5.70. The molecule has 0 radical (unpaired) electrons. The van der Waals surface area contributed by atoms with Crippen molar-refractivity contribution in [2.24, 2.45) is 5.73 Å². The fourth-order valence-corrected chi connectivity index (χ4v) is 1.84. The maximum atomic E-state index is 5.59. The standard InChI is InChI=1S/C10H11BrN4O/c1-16-9-3-2-6(11)4-7(9)10-8(5-12)13-15-14-10/h2-4H,5,12H2,1H3,(H,13,14,15). The molecule has 0 spiro atoms. The van der Waals surface area contributed by atoms with Crippen LogP contribution in [0.5, 0.6) is 5.75 Å². The van der Waals surface area contributed by atoms with E-state index >= 15 is 0 Å². The van der Waals surface area contributed by atoms with E-state index < -0.39 is 0 Å². The Morgan fingerprint density at radius 3 is 2.94 bits per heavy atom. The summed E-state index contributed by atoms with van der Waals surface area (Å²) in [5, 5.41) is 10.6. The Labute approximate surface area is 101 Å². The first-order valence-corrected chi connectivity index (χ1v) is 5.49. The molecule has 0 saturated carbocycles. The molecule has 2 aromatic rings. The van der Waals surface area contributed by atoms with Gasteiger partial charge in [0.2, 0.25) is 0 Å². The lowest BCUT2D eigenvalue weighted by atomic mass is 10.1. The van der Waals surface area contributed by atoms with Crippen molar-refractivity contribution in [1.82, 2.24) is 15.4 Å². The van der Waals surface area contributed by atoms with E-state index in [1.54, 1.807) is 7.11 Å². The van der Waals surface area contributed by atoms with Gasteiger partial charge in [0, 0.05) is 16.6 Å². The Morgan fingerprint density at radius 2 is 2.25 bits per heavy atom. The zero-order chi connectivity index (χ0) is 11.5. The van der Waals surface area contributed by atoms with Crippen molar-refractivity contribution < 1.29 is 4.74 Å². The monoisotopic (exact) mass is 282 g/mol. The van der Waals surface area contributed by atoms with Gasteiger partial charge in [-0.3, -0.25) is 0 Å². The van der Waals surface area contributed by atoms with Gasteiger partial charge in [0.25, 0.3) is 0 Å². The summed E-state index contributed by atoms with van der Waals surface area (Å²) in [5.41, 5.74) is 7.90. The van der Waals surface area contributed by atoms with Crippen LogP contribution in [-0.2, 0) is 6.54 Å². The summed E-state index contributed by atoms with van der Waals surface area (Å²) in [6.07, 6.45) is 0. The lowest BCUT2D eigenvalue weighted by molar-refractivity contribution is 0.416. The van der Waals surface area contributed by atoms with Gasteiger partial charge in [0.1, 0.15) is 17.1 Å². The smallest absolute Gasteiger partial charge is 0.128 e. The summed E-state index contributed by atoms with van der Waals surface area (Å²) in [7, 11) is 1.62. The number of rotatable bonds is 3. The van der Waals surface area contributed by atoms with Crippen LogP contribution in [0.3, 0.4) is 0 Å². The van der Waals surface area contributed by atoms with Crippen LogP contribution >= 0.6 is 15.9 Å². The Kier molecular flexibility index (Phi) is 3.21. The third kappa shape index (κ3) is 1.94. The number of aromatic amines is 1. The minimum Gasteiger partial charge on any atom is -0.496 e. The van der Waals surface area contributed by atoms with Gasteiger partial charge in [-0.1, -0.05) is 15.9 Å². The number of H-pyrrole nitrogens is 1. The van der Waals surface area contributed by atoms with Gasteiger partial charge in [0.15, 0.2) is 0 Å². The van der Waals surface area contributed by atoms with Crippen LogP contribution in [0, 0.1) is 0 Å². The molecule has 3 N–H and O–H groups in total. The summed E-state index contributed by atoms with van der Waals surface area (Å²) in [6.45, 7) is 0.335. The van der Waals surface area contributed by atoms with Crippen molar-refractivity contribution in [2.45, 2.75) is 6.54 Å². The van der Waals surface area contributed by atoms with E-state index in [0.29, 0.717) is 6.54 Å². The highest BCUT2D eigenvalue weighted by molar-refractivity contribution is 9.10. The number of benzene rings is 1. The second kappa shape index (κ2) is 4.63. The molecule has 0 aliphatic rings. The molecule has 5 nitrogen and oxygen atoms in total. The molecular weight excluding hydrogens is 272 g/mol. The van der Waals surface area contributed by atoms with Crippen LogP contribution < -0.4 is 10.5 Å². The van der Waals surface area contributed by atoms with E-state index in [1.165, 1.54) is 0 Å². The predicted octanol–water partition coefficient (Wildman–Crippen LogP) is 1.70. The van der Waals surface area contributed by atoms with Crippen LogP contribution in [0.15, 0.2) is 22.7 Å². The van der Waals surface area contributed by atoms with Crippen molar-refractivity contribution in [3.8, 4) is 17.0 Å². The number of methoxy groups -OCH3 is 1. The molecule has 0 fully saturated rings. The molecular formula is C10H11BrN4O. The quantitative estimate of drug-likeness (QED) is 0.898. The molecule has 1 heterocycles. The van der Waals surface area contributed by atoms with Gasteiger partial charge in [-0.2, -0.15) is 15.4 Å². The van der Waals surface area contributed by atoms with Gasteiger partial charge < -0.3 is 10.5 Å². The van der Waals surface area contributed by atoms with E-state index in [2.05, 4.69) is 31.3 Å². The zero-order valence-electron chi connectivity index (χ0n) is 8.70. The van der Waals surface area contributed by atoms with Crippen molar-refractivity contribution in [2.75, 3.05) is 7.11 Å². The first kappa shape index (κ1) is 11.1. The molecule has 0 aliphatic carbocycles. The third-order valence-electron chi connectivity index (χ3n) is 2.23. The van der Waals surface area contributed by atoms with Gasteiger partial charge >= 0.3 is 0 Å². The van der Waals surface area contributed by atoms with Crippen LogP contribution in [0.4, 0.5) is 0 Å². The Morgan fingerprint density at radius 1 is 1.44 bits per heavy atom. The molecule has 1 aromatic carbocycles. The normalized spacial score (nSPS) is 10.4. The fraction of sp³-hybridized carbons (Fsp3) is 0.200. The van der Waals surface area contributed by atoms with Crippen molar-refractivity contribution in [1.29, 1.82) is 0 Å². The average Bonchev–Trinajstić information content (AvgIpc) is 2.76. The minimum atomic E-state index is 0.335. The molecule has 16 heavy (non-hydrogen) atoms. The number of nitrogens with one attached hydrogen (secondary N) is 1. The molecule has 84 valence electrons. The van der Waals surface area contributed by atoms with Gasteiger partial charge in [-0.25, -0.2) is 0 Å². The van der Waals surface area contributed by atoms with Gasteiger partial charge in [-0.15, -0.1) is 0 Å². The summed E-state index contributed by atoms with van der Waals surface area (Å²) < 4.78 is 6.23. The molecule has 0 aliphatic heterocycles. The van der Waals surface area contributed by atoms with E-state index in [4.69, 9.17) is 10.5 Å². The van der Waals surface area contributed by atoms with Crippen LogP contribution in [-0.4, -0.2) is 22.5 Å². The molecule has 1 aromatic heterocycles. The number of aromatic nitrogens is 3. The predicted molar refractivity (Wildman–Crippen MR) is 64.0 cm³/mol. The number of hydrogen-bond donors (Lipinski definition) is 2. The first-order valence-electron chi connectivity index (χ1n) is 4.70. The SMILES string of the molecule is COc1ccc(Br)cc1-c1n[nH]nc1CN. The van der Waals surface area contributed by atoms with Gasteiger partial charge in [-0.05, 0) is 18.2 Å². The van der Waals surface area contributed by atoms with Crippen molar-refractivity contribution in [3.63, 3.8) is 0 Å².